The standard InChI is InChI=1S/C18H16N2OS2/c1-11(23-18-17-15(7-8-22-17)19-10-20-18)16(21)14-6-5-12-3-2-4-13(12)9-14/h5-11H,2-4H2,1H3/t11-/m0/s1. The second kappa shape index (κ2) is 6.06. The van der Waals surface area contributed by atoms with Crippen LogP contribution in [0.15, 0.2) is 41.0 Å². The minimum absolute atomic E-state index is 0.158. The summed E-state index contributed by atoms with van der Waals surface area (Å²) in [6.45, 7) is 1.96. The Morgan fingerprint density at radius 1 is 1.22 bits per heavy atom. The molecular formula is C18H16N2OS2. The Morgan fingerprint density at radius 2 is 2.09 bits per heavy atom. The summed E-state index contributed by atoms with van der Waals surface area (Å²) in [7, 11) is 0. The van der Waals surface area contributed by atoms with Gasteiger partial charge in [-0.1, -0.05) is 23.9 Å². The SMILES string of the molecule is C[C@H](Sc1ncnc2ccsc12)C(=O)c1ccc2c(c1)CCC2. The average molecular weight is 340 g/mol. The van der Waals surface area contributed by atoms with Gasteiger partial charge in [-0.3, -0.25) is 4.79 Å². The predicted octanol–water partition coefficient (Wildman–Crippen LogP) is 4.54. The number of carbonyl (C=O) groups is 1. The normalized spacial score (nSPS) is 14.8. The maximum atomic E-state index is 12.8. The number of aromatic nitrogens is 2. The molecule has 23 heavy (non-hydrogen) atoms. The minimum Gasteiger partial charge on any atom is -0.293 e. The van der Waals surface area contributed by atoms with E-state index in [0.717, 1.165) is 33.6 Å². The van der Waals surface area contributed by atoms with Crippen LogP contribution in [0.3, 0.4) is 0 Å². The molecule has 0 unspecified atom stereocenters. The first kappa shape index (κ1) is 14.8. The third kappa shape index (κ3) is 2.79. The number of benzene rings is 1. The third-order valence-electron chi connectivity index (χ3n) is 4.25. The van der Waals surface area contributed by atoms with Gasteiger partial charge in [-0.05, 0) is 54.8 Å². The molecule has 0 fully saturated rings. The van der Waals surface area contributed by atoms with Crippen molar-refractivity contribution < 1.29 is 4.79 Å². The molecule has 4 rings (SSSR count). The van der Waals surface area contributed by atoms with Crippen molar-refractivity contribution in [3.05, 3.63) is 52.7 Å². The van der Waals surface area contributed by atoms with Crippen molar-refractivity contribution in [2.75, 3.05) is 0 Å². The van der Waals surface area contributed by atoms with Gasteiger partial charge in [0.1, 0.15) is 11.4 Å². The summed E-state index contributed by atoms with van der Waals surface area (Å²) in [4.78, 5) is 21.4. The second-order valence-corrected chi connectivity index (χ2v) is 8.02. The number of hydrogen-bond donors (Lipinski definition) is 0. The van der Waals surface area contributed by atoms with Crippen molar-refractivity contribution in [2.45, 2.75) is 36.5 Å². The van der Waals surface area contributed by atoms with Gasteiger partial charge in [-0.2, -0.15) is 0 Å². The van der Waals surface area contributed by atoms with E-state index >= 15 is 0 Å². The van der Waals surface area contributed by atoms with Gasteiger partial charge in [-0.25, -0.2) is 9.97 Å². The van der Waals surface area contributed by atoms with Crippen LogP contribution in [0.1, 0.15) is 34.8 Å². The van der Waals surface area contributed by atoms with Crippen LogP contribution < -0.4 is 0 Å². The zero-order chi connectivity index (χ0) is 15.8. The monoisotopic (exact) mass is 340 g/mol. The summed E-state index contributed by atoms with van der Waals surface area (Å²) < 4.78 is 1.06. The molecule has 5 heteroatoms. The van der Waals surface area contributed by atoms with Gasteiger partial charge in [0.25, 0.3) is 0 Å². The fourth-order valence-electron chi connectivity index (χ4n) is 3.03. The quantitative estimate of drug-likeness (QED) is 0.397. The van der Waals surface area contributed by atoms with Crippen LogP contribution in [-0.4, -0.2) is 21.0 Å². The van der Waals surface area contributed by atoms with Gasteiger partial charge >= 0.3 is 0 Å². The van der Waals surface area contributed by atoms with Crippen LogP contribution in [0, 0.1) is 0 Å². The summed E-state index contributed by atoms with van der Waals surface area (Å²) in [6.07, 6.45) is 5.02. The molecule has 0 radical (unpaired) electrons. The Morgan fingerprint density at radius 3 is 3.00 bits per heavy atom. The molecule has 1 atom stereocenters. The van der Waals surface area contributed by atoms with Gasteiger partial charge in [0.05, 0.1) is 15.5 Å². The molecule has 2 aromatic heterocycles. The number of thioether (sulfide) groups is 1. The fraction of sp³-hybridized carbons (Fsp3) is 0.278. The van der Waals surface area contributed by atoms with E-state index in [9.17, 15) is 4.79 Å². The van der Waals surface area contributed by atoms with Gasteiger partial charge < -0.3 is 0 Å². The van der Waals surface area contributed by atoms with Crippen LogP contribution >= 0.6 is 23.1 Å². The Labute approximate surface area is 143 Å². The third-order valence-corrected chi connectivity index (χ3v) is 6.39. The first-order valence-corrected chi connectivity index (χ1v) is 9.49. The first-order chi connectivity index (χ1) is 11.2. The fourth-order valence-corrected chi connectivity index (χ4v) is 4.95. The van der Waals surface area contributed by atoms with Crippen molar-refractivity contribution in [3.8, 4) is 0 Å². The number of nitrogens with zero attached hydrogens (tertiary/aromatic N) is 2. The molecule has 0 saturated heterocycles. The lowest BCUT2D eigenvalue weighted by atomic mass is 10.0. The van der Waals surface area contributed by atoms with E-state index in [-0.39, 0.29) is 11.0 Å². The number of carbonyl (C=O) groups excluding carboxylic acids is 1. The lowest BCUT2D eigenvalue weighted by Gasteiger charge is -2.11. The molecular weight excluding hydrogens is 324 g/mol. The molecule has 3 nitrogen and oxygen atoms in total. The van der Waals surface area contributed by atoms with Crippen LogP contribution in [0.25, 0.3) is 10.2 Å². The summed E-state index contributed by atoms with van der Waals surface area (Å²) in [5.41, 5.74) is 4.51. The Hall–Kier alpha value is -1.72. The number of thiophene rings is 1. The van der Waals surface area contributed by atoms with Crippen molar-refractivity contribution >= 4 is 39.1 Å². The number of ketones is 1. The number of aryl methyl sites for hydroxylation is 2. The molecule has 1 aromatic carbocycles. The van der Waals surface area contributed by atoms with Gasteiger partial charge in [-0.15, -0.1) is 11.3 Å². The van der Waals surface area contributed by atoms with E-state index in [1.54, 1.807) is 17.7 Å². The number of hydrogen-bond acceptors (Lipinski definition) is 5. The topological polar surface area (TPSA) is 42.9 Å². The Bertz CT molecular complexity index is 888. The smallest absolute Gasteiger partial charge is 0.175 e. The lowest BCUT2D eigenvalue weighted by molar-refractivity contribution is 0.0994. The lowest BCUT2D eigenvalue weighted by Crippen LogP contribution is -2.14. The van der Waals surface area contributed by atoms with E-state index in [1.165, 1.54) is 29.3 Å². The molecule has 0 amide bonds. The van der Waals surface area contributed by atoms with Gasteiger partial charge in [0.15, 0.2) is 5.78 Å². The molecule has 0 aliphatic heterocycles. The second-order valence-electron chi connectivity index (χ2n) is 5.78. The molecule has 1 aliphatic rings. The van der Waals surface area contributed by atoms with Gasteiger partial charge in [0.2, 0.25) is 0 Å². The van der Waals surface area contributed by atoms with Crippen LogP contribution in [0.4, 0.5) is 0 Å². The largest absolute Gasteiger partial charge is 0.293 e. The molecule has 2 heterocycles. The van der Waals surface area contributed by atoms with Crippen LogP contribution in [0.2, 0.25) is 0 Å². The molecule has 116 valence electrons. The number of fused-ring (bicyclic) bond motifs is 2. The average Bonchev–Trinajstić information content (AvgIpc) is 3.22. The number of rotatable bonds is 4. The van der Waals surface area contributed by atoms with E-state index < -0.39 is 0 Å². The highest BCUT2D eigenvalue weighted by atomic mass is 32.2. The highest BCUT2D eigenvalue weighted by molar-refractivity contribution is 8.00. The highest BCUT2D eigenvalue weighted by Crippen LogP contribution is 2.33. The summed E-state index contributed by atoms with van der Waals surface area (Å²) >= 11 is 3.15. The maximum absolute atomic E-state index is 12.8. The van der Waals surface area contributed by atoms with E-state index in [0.29, 0.717) is 0 Å². The molecule has 0 spiro atoms. The Kier molecular flexibility index (Phi) is 3.91. The summed E-state index contributed by atoms with van der Waals surface area (Å²) in [5.74, 6) is 0.174. The van der Waals surface area contributed by atoms with Crippen molar-refractivity contribution in [1.29, 1.82) is 0 Å². The molecule has 0 bridgehead atoms. The van der Waals surface area contributed by atoms with Crippen molar-refractivity contribution in [2.24, 2.45) is 0 Å². The highest BCUT2D eigenvalue weighted by Gasteiger charge is 2.21. The van der Waals surface area contributed by atoms with Gasteiger partial charge in [0, 0.05) is 5.56 Å². The van der Waals surface area contributed by atoms with E-state index in [4.69, 9.17) is 0 Å². The van der Waals surface area contributed by atoms with Crippen molar-refractivity contribution in [1.82, 2.24) is 9.97 Å². The zero-order valence-corrected chi connectivity index (χ0v) is 14.4. The first-order valence-electron chi connectivity index (χ1n) is 7.73. The molecule has 1 aliphatic carbocycles. The van der Waals surface area contributed by atoms with Crippen molar-refractivity contribution in [3.63, 3.8) is 0 Å². The minimum atomic E-state index is -0.158. The van der Waals surface area contributed by atoms with E-state index in [2.05, 4.69) is 22.1 Å². The summed E-state index contributed by atoms with van der Waals surface area (Å²) in [5, 5.41) is 2.75. The van der Waals surface area contributed by atoms with Crippen LogP contribution in [-0.2, 0) is 12.8 Å². The van der Waals surface area contributed by atoms with Crippen LogP contribution in [0.5, 0.6) is 0 Å². The summed E-state index contributed by atoms with van der Waals surface area (Å²) in [6, 6.07) is 8.17. The molecule has 3 aromatic rings. The van der Waals surface area contributed by atoms with E-state index in [1.807, 2.05) is 24.4 Å². The molecule has 0 N–H and O–H groups in total. The predicted molar refractivity (Wildman–Crippen MR) is 95.5 cm³/mol. The molecule has 0 saturated carbocycles. The maximum Gasteiger partial charge on any atom is 0.175 e. The zero-order valence-electron chi connectivity index (χ0n) is 12.8. The Balaban J connectivity index is 1.58. The number of Topliss-reactive ketones (excluding diaryl/α,β-unsaturated/α-hetero) is 1.